The van der Waals surface area contributed by atoms with Crippen molar-refractivity contribution in [1.82, 2.24) is 9.80 Å². The predicted octanol–water partition coefficient (Wildman–Crippen LogP) is 2.05. The maximum absolute atomic E-state index is 10.6. The van der Waals surface area contributed by atoms with Crippen molar-refractivity contribution in [1.29, 1.82) is 0 Å². The molecule has 1 unspecified atom stereocenters. The second kappa shape index (κ2) is 7.25. The summed E-state index contributed by atoms with van der Waals surface area (Å²) in [4.78, 5) is 15.7. The van der Waals surface area contributed by atoms with Crippen LogP contribution in [0.1, 0.15) is 45.4 Å². The number of hydrogen-bond acceptors (Lipinski definition) is 3. The molecule has 0 saturated carbocycles. The van der Waals surface area contributed by atoms with Gasteiger partial charge < -0.3 is 14.9 Å². The van der Waals surface area contributed by atoms with Gasteiger partial charge in [-0.05, 0) is 71.1 Å². The Kier molecular flexibility index (Phi) is 5.64. The van der Waals surface area contributed by atoms with Gasteiger partial charge in [-0.25, -0.2) is 0 Å². The van der Waals surface area contributed by atoms with E-state index in [1.807, 2.05) is 0 Å². The van der Waals surface area contributed by atoms with E-state index in [0.717, 1.165) is 25.4 Å². The van der Waals surface area contributed by atoms with E-state index in [4.69, 9.17) is 5.11 Å². The van der Waals surface area contributed by atoms with Gasteiger partial charge in [0.25, 0.3) is 0 Å². The molecule has 0 radical (unpaired) electrons. The van der Waals surface area contributed by atoms with Crippen LogP contribution in [0.15, 0.2) is 0 Å². The van der Waals surface area contributed by atoms with Crippen LogP contribution in [-0.2, 0) is 4.79 Å². The third-order valence-electron chi connectivity index (χ3n) is 4.76. The van der Waals surface area contributed by atoms with Gasteiger partial charge in [0.2, 0.25) is 0 Å². The fourth-order valence-electron chi connectivity index (χ4n) is 3.42. The highest BCUT2D eigenvalue weighted by atomic mass is 16.4. The molecule has 0 aromatic heterocycles. The van der Waals surface area contributed by atoms with Crippen LogP contribution in [0.3, 0.4) is 0 Å². The number of piperidine rings is 1. The fourth-order valence-corrected chi connectivity index (χ4v) is 3.42. The molecule has 0 bridgehead atoms. The Morgan fingerprint density at radius 2 is 1.84 bits per heavy atom. The van der Waals surface area contributed by atoms with Crippen molar-refractivity contribution in [2.24, 2.45) is 5.92 Å². The van der Waals surface area contributed by atoms with E-state index in [1.54, 1.807) is 0 Å². The maximum atomic E-state index is 10.6. The van der Waals surface area contributed by atoms with Crippen molar-refractivity contribution in [3.63, 3.8) is 0 Å². The van der Waals surface area contributed by atoms with Crippen molar-refractivity contribution in [2.45, 2.75) is 51.5 Å². The zero-order valence-corrected chi connectivity index (χ0v) is 12.2. The molecule has 2 fully saturated rings. The average Bonchev–Trinajstić information content (AvgIpc) is 2.89. The van der Waals surface area contributed by atoms with Crippen LogP contribution in [0, 0.1) is 5.92 Å². The number of carboxylic acids is 1. The van der Waals surface area contributed by atoms with Gasteiger partial charge in [-0.1, -0.05) is 0 Å². The number of nitrogens with zero attached hydrogens (tertiary/aromatic N) is 2. The van der Waals surface area contributed by atoms with Crippen LogP contribution in [0.4, 0.5) is 0 Å². The minimum Gasteiger partial charge on any atom is -0.481 e. The number of likely N-dealkylation sites (tertiary alicyclic amines) is 2. The zero-order chi connectivity index (χ0) is 13.7. The molecule has 0 amide bonds. The van der Waals surface area contributed by atoms with E-state index < -0.39 is 5.97 Å². The minimum atomic E-state index is -0.671. The Labute approximate surface area is 116 Å². The maximum Gasteiger partial charge on any atom is 0.303 e. The predicted molar refractivity (Wildman–Crippen MR) is 76.3 cm³/mol. The number of carbonyl (C=O) groups is 1. The van der Waals surface area contributed by atoms with Crippen LogP contribution in [0.25, 0.3) is 0 Å². The van der Waals surface area contributed by atoms with E-state index in [-0.39, 0.29) is 0 Å². The third kappa shape index (κ3) is 4.77. The lowest BCUT2D eigenvalue weighted by atomic mass is 9.94. The van der Waals surface area contributed by atoms with Crippen molar-refractivity contribution < 1.29 is 9.90 Å². The summed E-state index contributed by atoms with van der Waals surface area (Å²) in [5.74, 6) is 0.191. The molecule has 0 spiro atoms. The highest BCUT2D eigenvalue weighted by molar-refractivity contribution is 5.66. The Bertz CT molecular complexity index is 282. The molecule has 2 rings (SSSR count). The van der Waals surface area contributed by atoms with E-state index in [9.17, 15) is 4.79 Å². The molecule has 4 heteroatoms. The average molecular weight is 268 g/mol. The zero-order valence-electron chi connectivity index (χ0n) is 12.2. The fraction of sp³-hybridized carbons (Fsp3) is 0.933. The smallest absolute Gasteiger partial charge is 0.303 e. The largest absolute Gasteiger partial charge is 0.481 e. The molecule has 4 nitrogen and oxygen atoms in total. The van der Waals surface area contributed by atoms with Crippen molar-refractivity contribution >= 4 is 5.97 Å². The Hall–Kier alpha value is -0.610. The van der Waals surface area contributed by atoms with Crippen LogP contribution in [0.5, 0.6) is 0 Å². The molecule has 0 aliphatic carbocycles. The van der Waals surface area contributed by atoms with Gasteiger partial charge in [-0.2, -0.15) is 0 Å². The molecule has 0 aromatic carbocycles. The lowest BCUT2D eigenvalue weighted by Crippen LogP contribution is -2.42. The number of carboxylic acid groups (broad SMARTS) is 1. The highest BCUT2D eigenvalue weighted by Gasteiger charge is 2.25. The summed E-state index contributed by atoms with van der Waals surface area (Å²) in [6.45, 7) is 8.37. The summed E-state index contributed by atoms with van der Waals surface area (Å²) in [6, 6.07) is 0.420. The summed E-state index contributed by atoms with van der Waals surface area (Å²) in [5.41, 5.74) is 0. The Morgan fingerprint density at radius 1 is 1.21 bits per heavy atom. The molecule has 19 heavy (non-hydrogen) atoms. The highest BCUT2D eigenvalue weighted by Crippen LogP contribution is 2.22. The molecule has 2 aliphatic rings. The van der Waals surface area contributed by atoms with Gasteiger partial charge in [0.05, 0.1) is 0 Å². The van der Waals surface area contributed by atoms with E-state index in [2.05, 4.69) is 16.7 Å². The molecule has 0 aromatic rings. The van der Waals surface area contributed by atoms with Crippen LogP contribution < -0.4 is 0 Å². The summed E-state index contributed by atoms with van der Waals surface area (Å²) < 4.78 is 0. The van der Waals surface area contributed by atoms with Crippen LogP contribution >= 0.6 is 0 Å². The number of rotatable bonds is 6. The third-order valence-corrected chi connectivity index (χ3v) is 4.76. The lowest BCUT2D eigenvalue weighted by Gasteiger charge is -2.37. The number of hydrogen-bond donors (Lipinski definition) is 1. The van der Waals surface area contributed by atoms with E-state index in [0.29, 0.717) is 12.5 Å². The van der Waals surface area contributed by atoms with Crippen LogP contribution in [0.2, 0.25) is 0 Å². The first kappa shape index (κ1) is 14.8. The molecular formula is C15H28N2O2. The standard InChI is InChI=1S/C15H28N2O2/c1-13(4-5-15(18)19)17-10-6-14(7-11-17)12-16-8-2-3-9-16/h13-14H,2-12H2,1H3,(H,18,19). The van der Waals surface area contributed by atoms with Crippen LogP contribution in [-0.4, -0.2) is 59.6 Å². The monoisotopic (exact) mass is 268 g/mol. The van der Waals surface area contributed by atoms with Gasteiger partial charge in [0.15, 0.2) is 0 Å². The van der Waals surface area contributed by atoms with E-state index >= 15 is 0 Å². The first-order chi connectivity index (χ1) is 9.15. The Balaban J connectivity index is 1.65. The molecule has 2 aliphatic heterocycles. The van der Waals surface area contributed by atoms with Crippen molar-refractivity contribution in [2.75, 3.05) is 32.7 Å². The first-order valence-electron chi connectivity index (χ1n) is 7.83. The van der Waals surface area contributed by atoms with Crippen molar-refractivity contribution in [3.05, 3.63) is 0 Å². The second-order valence-corrected chi connectivity index (χ2v) is 6.27. The van der Waals surface area contributed by atoms with Gasteiger partial charge in [0.1, 0.15) is 0 Å². The quantitative estimate of drug-likeness (QED) is 0.800. The Morgan fingerprint density at radius 3 is 2.42 bits per heavy atom. The van der Waals surface area contributed by atoms with Gasteiger partial charge >= 0.3 is 5.97 Å². The summed E-state index contributed by atoms with van der Waals surface area (Å²) in [5, 5.41) is 8.74. The molecule has 110 valence electrons. The molecule has 2 saturated heterocycles. The topological polar surface area (TPSA) is 43.8 Å². The number of aliphatic carboxylic acids is 1. The molecular weight excluding hydrogens is 240 g/mol. The van der Waals surface area contributed by atoms with Gasteiger partial charge in [0, 0.05) is 19.0 Å². The van der Waals surface area contributed by atoms with Gasteiger partial charge in [-0.3, -0.25) is 4.79 Å². The summed E-state index contributed by atoms with van der Waals surface area (Å²) in [6.07, 6.45) is 6.42. The summed E-state index contributed by atoms with van der Waals surface area (Å²) in [7, 11) is 0. The van der Waals surface area contributed by atoms with Gasteiger partial charge in [-0.15, -0.1) is 0 Å². The lowest BCUT2D eigenvalue weighted by molar-refractivity contribution is -0.137. The normalized spacial score (nSPS) is 24.7. The van der Waals surface area contributed by atoms with Crippen molar-refractivity contribution in [3.8, 4) is 0 Å². The molecule has 2 heterocycles. The second-order valence-electron chi connectivity index (χ2n) is 6.27. The van der Waals surface area contributed by atoms with E-state index in [1.165, 1.54) is 45.3 Å². The summed E-state index contributed by atoms with van der Waals surface area (Å²) >= 11 is 0. The minimum absolute atomic E-state index is 0.300. The molecule has 1 atom stereocenters. The SMILES string of the molecule is CC(CCC(=O)O)N1CCC(CN2CCCC2)CC1. The molecule has 1 N–H and O–H groups in total. The first-order valence-corrected chi connectivity index (χ1v) is 7.83.